The second-order valence-electron chi connectivity index (χ2n) is 6.93. The van der Waals surface area contributed by atoms with Crippen LogP contribution in [0.4, 0.5) is 5.69 Å². The minimum atomic E-state index is -0.376. The van der Waals surface area contributed by atoms with Gasteiger partial charge in [-0.3, -0.25) is 4.79 Å². The van der Waals surface area contributed by atoms with Gasteiger partial charge in [0.1, 0.15) is 5.58 Å². The van der Waals surface area contributed by atoms with Crippen LogP contribution in [-0.4, -0.2) is 25.1 Å². The standard InChI is InChI=1S/C24H22N2O5/c1-15-8-10-20(21(12-15)29-3)30-22-11-9-16(13-25-22)26-24(27)23-18(14-28-2)17-6-4-5-7-19(17)31-23/h4-13H,14H2,1-3H3,(H,26,27). The molecule has 0 aliphatic carbocycles. The van der Waals surface area contributed by atoms with Crippen molar-refractivity contribution in [3.8, 4) is 17.4 Å². The largest absolute Gasteiger partial charge is 0.493 e. The molecule has 1 N–H and O–H groups in total. The highest BCUT2D eigenvalue weighted by atomic mass is 16.5. The number of rotatable bonds is 7. The molecule has 0 saturated heterocycles. The fourth-order valence-corrected chi connectivity index (χ4v) is 3.24. The lowest BCUT2D eigenvalue weighted by atomic mass is 10.1. The van der Waals surface area contributed by atoms with Gasteiger partial charge in [0.25, 0.3) is 5.91 Å². The third-order valence-corrected chi connectivity index (χ3v) is 4.72. The number of carbonyl (C=O) groups is 1. The van der Waals surface area contributed by atoms with Gasteiger partial charge in [0, 0.05) is 24.1 Å². The number of para-hydroxylation sites is 1. The number of aromatic nitrogens is 1. The quantitative estimate of drug-likeness (QED) is 0.436. The van der Waals surface area contributed by atoms with E-state index < -0.39 is 0 Å². The maximum absolute atomic E-state index is 12.8. The summed E-state index contributed by atoms with van der Waals surface area (Å²) in [4.78, 5) is 17.1. The molecule has 0 spiro atoms. The number of ether oxygens (including phenoxy) is 3. The summed E-state index contributed by atoms with van der Waals surface area (Å²) in [5, 5.41) is 3.66. The molecule has 0 aliphatic rings. The maximum Gasteiger partial charge on any atom is 0.291 e. The number of hydrogen-bond donors (Lipinski definition) is 1. The van der Waals surface area contributed by atoms with E-state index >= 15 is 0 Å². The lowest BCUT2D eigenvalue weighted by molar-refractivity contribution is 0.0992. The molecular formula is C24H22N2O5. The van der Waals surface area contributed by atoms with E-state index in [1.807, 2.05) is 49.4 Å². The summed E-state index contributed by atoms with van der Waals surface area (Å²) < 4.78 is 22.2. The van der Waals surface area contributed by atoms with Crippen molar-refractivity contribution in [2.75, 3.05) is 19.5 Å². The molecular weight excluding hydrogens is 396 g/mol. The van der Waals surface area contributed by atoms with Crippen LogP contribution in [-0.2, 0) is 11.3 Å². The van der Waals surface area contributed by atoms with Crippen LogP contribution in [0.5, 0.6) is 17.4 Å². The number of carbonyl (C=O) groups excluding carboxylic acids is 1. The molecule has 0 bridgehead atoms. The predicted molar refractivity (Wildman–Crippen MR) is 117 cm³/mol. The van der Waals surface area contributed by atoms with Crippen molar-refractivity contribution in [2.45, 2.75) is 13.5 Å². The van der Waals surface area contributed by atoms with Crippen LogP contribution >= 0.6 is 0 Å². The molecule has 4 rings (SSSR count). The summed E-state index contributed by atoms with van der Waals surface area (Å²) in [5.74, 6) is 1.40. The van der Waals surface area contributed by atoms with E-state index in [1.165, 1.54) is 6.20 Å². The summed E-state index contributed by atoms with van der Waals surface area (Å²) in [6.45, 7) is 2.24. The highest BCUT2D eigenvalue weighted by Crippen LogP contribution is 2.32. The normalized spacial score (nSPS) is 10.8. The molecule has 2 heterocycles. The van der Waals surface area contributed by atoms with E-state index in [-0.39, 0.29) is 18.3 Å². The molecule has 0 radical (unpaired) electrons. The molecule has 4 aromatic rings. The Kier molecular flexibility index (Phi) is 5.86. The van der Waals surface area contributed by atoms with E-state index in [9.17, 15) is 4.79 Å². The smallest absolute Gasteiger partial charge is 0.291 e. The first-order valence-electron chi connectivity index (χ1n) is 9.68. The Morgan fingerprint density at radius 3 is 2.65 bits per heavy atom. The van der Waals surface area contributed by atoms with Crippen LogP contribution in [0.1, 0.15) is 21.7 Å². The predicted octanol–water partition coefficient (Wildman–Crippen LogP) is 5.34. The van der Waals surface area contributed by atoms with Gasteiger partial charge < -0.3 is 23.9 Å². The van der Waals surface area contributed by atoms with Gasteiger partial charge in [-0.2, -0.15) is 0 Å². The zero-order chi connectivity index (χ0) is 21.8. The summed E-state index contributed by atoms with van der Waals surface area (Å²) in [7, 11) is 3.17. The third-order valence-electron chi connectivity index (χ3n) is 4.72. The first-order valence-corrected chi connectivity index (χ1v) is 9.68. The van der Waals surface area contributed by atoms with Crippen LogP contribution in [0, 0.1) is 6.92 Å². The number of benzene rings is 2. The summed E-state index contributed by atoms with van der Waals surface area (Å²) in [6.07, 6.45) is 1.52. The van der Waals surface area contributed by atoms with Crippen molar-refractivity contribution in [1.82, 2.24) is 4.98 Å². The minimum absolute atomic E-state index is 0.216. The average Bonchev–Trinajstić information content (AvgIpc) is 3.15. The zero-order valence-electron chi connectivity index (χ0n) is 17.5. The molecule has 0 saturated carbocycles. The number of amides is 1. The minimum Gasteiger partial charge on any atom is -0.493 e. The van der Waals surface area contributed by atoms with E-state index in [0.29, 0.717) is 34.2 Å². The van der Waals surface area contributed by atoms with Crippen molar-refractivity contribution in [1.29, 1.82) is 0 Å². The van der Waals surface area contributed by atoms with E-state index in [1.54, 1.807) is 26.4 Å². The molecule has 0 unspecified atom stereocenters. The summed E-state index contributed by atoms with van der Waals surface area (Å²) >= 11 is 0. The molecule has 158 valence electrons. The Bertz CT molecular complexity index is 1210. The van der Waals surface area contributed by atoms with Crippen molar-refractivity contribution < 1.29 is 23.4 Å². The summed E-state index contributed by atoms with van der Waals surface area (Å²) in [5.41, 5.74) is 2.91. The van der Waals surface area contributed by atoms with Crippen LogP contribution in [0.3, 0.4) is 0 Å². The van der Waals surface area contributed by atoms with Crippen molar-refractivity contribution in [3.05, 3.63) is 77.7 Å². The van der Waals surface area contributed by atoms with Crippen LogP contribution < -0.4 is 14.8 Å². The molecule has 31 heavy (non-hydrogen) atoms. The Morgan fingerprint density at radius 1 is 1.06 bits per heavy atom. The third kappa shape index (κ3) is 4.36. The van der Waals surface area contributed by atoms with E-state index in [0.717, 1.165) is 10.9 Å². The molecule has 0 atom stereocenters. The van der Waals surface area contributed by atoms with Gasteiger partial charge in [-0.05, 0) is 36.8 Å². The van der Waals surface area contributed by atoms with Gasteiger partial charge in [0.2, 0.25) is 5.88 Å². The Hall–Kier alpha value is -3.84. The number of anilines is 1. The lowest BCUT2D eigenvalue weighted by Gasteiger charge is -2.11. The number of fused-ring (bicyclic) bond motifs is 1. The van der Waals surface area contributed by atoms with Crippen molar-refractivity contribution in [2.24, 2.45) is 0 Å². The van der Waals surface area contributed by atoms with Gasteiger partial charge in [-0.15, -0.1) is 0 Å². The van der Waals surface area contributed by atoms with Crippen LogP contribution in [0.25, 0.3) is 11.0 Å². The van der Waals surface area contributed by atoms with Gasteiger partial charge in [-0.1, -0.05) is 24.3 Å². The molecule has 7 heteroatoms. The molecule has 1 amide bonds. The van der Waals surface area contributed by atoms with Gasteiger partial charge in [0.15, 0.2) is 17.3 Å². The monoisotopic (exact) mass is 418 g/mol. The molecule has 7 nitrogen and oxygen atoms in total. The van der Waals surface area contributed by atoms with E-state index in [4.69, 9.17) is 18.6 Å². The second-order valence-corrected chi connectivity index (χ2v) is 6.93. The van der Waals surface area contributed by atoms with Gasteiger partial charge >= 0.3 is 0 Å². The topological polar surface area (TPSA) is 82.8 Å². The number of hydrogen-bond acceptors (Lipinski definition) is 6. The molecule has 0 fully saturated rings. The Balaban J connectivity index is 1.51. The van der Waals surface area contributed by atoms with Crippen LogP contribution in [0.2, 0.25) is 0 Å². The van der Waals surface area contributed by atoms with Crippen LogP contribution in [0.15, 0.2) is 65.2 Å². The number of aryl methyl sites for hydroxylation is 1. The van der Waals surface area contributed by atoms with Gasteiger partial charge in [-0.25, -0.2) is 4.98 Å². The fraction of sp³-hybridized carbons (Fsp3) is 0.167. The van der Waals surface area contributed by atoms with E-state index in [2.05, 4.69) is 10.3 Å². The number of pyridine rings is 1. The molecule has 2 aromatic carbocycles. The SMILES string of the molecule is COCc1c(C(=O)Nc2ccc(Oc3ccc(C)cc3OC)nc2)oc2ccccc12. The average molecular weight is 418 g/mol. The summed E-state index contributed by atoms with van der Waals surface area (Å²) in [6, 6.07) is 16.5. The Labute approximate surface area is 179 Å². The molecule has 2 aromatic heterocycles. The molecule has 0 aliphatic heterocycles. The highest BCUT2D eigenvalue weighted by Gasteiger charge is 2.20. The lowest BCUT2D eigenvalue weighted by Crippen LogP contribution is -2.13. The second kappa shape index (κ2) is 8.89. The van der Waals surface area contributed by atoms with Gasteiger partial charge in [0.05, 0.1) is 25.6 Å². The van der Waals surface area contributed by atoms with Crippen molar-refractivity contribution >= 4 is 22.6 Å². The maximum atomic E-state index is 12.8. The first-order chi connectivity index (χ1) is 15.1. The number of furan rings is 1. The number of nitrogens with zero attached hydrogens (tertiary/aromatic N) is 1. The Morgan fingerprint density at radius 2 is 1.90 bits per heavy atom. The highest BCUT2D eigenvalue weighted by molar-refractivity contribution is 6.06. The zero-order valence-corrected chi connectivity index (χ0v) is 17.5. The first kappa shape index (κ1) is 20.4. The number of nitrogens with one attached hydrogen (secondary N) is 1. The fourth-order valence-electron chi connectivity index (χ4n) is 3.24. The number of methoxy groups -OCH3 is 2. The van der Waals surface area contributed by atoms with Crippen molar-refractivity contribution in [3.63, 3.8) is 0 Å².